The smallest absolute Gasteiger partial charge is 0.139 e. The van der Waals surface area contributed by atoms with Gasteiger partial charge in [0.2, 0.25) is 0 Å². The first-order valence-corrected chi connectivity index (χ1v) is 6.93. The molecule has 3 aromatic rings. The topological polar surface area (TPSA) is 68.8 Å². The highest BCUT2D eigenvalue weighted by atomic mass is 32.1. The number of anilines is 2. The minimum atomic E-state index is 0.330. The quantitative estimate of drug-likeness (QED) is 0.727. The predicted octanol–water partition coefficient (Wildman–Crippen LogP) is 2.65. The standard InChI is InChI=1S/C15H15N5S/c1-9-12(14(16)21)15(20(2)19-9)18-11-7-3-5-10-6-4-8-17-13(10)11/h3-8,18H,1-2H3,(H2,16,21). The van der Waals surface area contributed by atoms with Crippen LogP contribution in [0.1, 0.15) is 11.3 Å². The third-order valence-electron chi connectivity index (χ3n) is 3.35. The van der Waals surface area contributed by atoms with Crippen LogP contribution in [0.2, 0.25) is 0 Å². The zero-order valence-corrected chi connectivity index (χ0v) is 12.6. The molecule has 0 atom stereocenters. The minimum Gasteiger partial charge on any atom is -0.389 e. The summed E-state index contributed by atoms with van der Waals surface area (Å²) < 4.78 is 1.74. The Bertz CT molecular complexity index is 832. The van der Waals surface area contributed by atoms with Gasteiger partial charge in [-0.15, -0.1) is 0 Å². The van der Waals surface area contributed by atoms with Gasteiger partial charge in [-0.2, -0.15) is 5.10 Å². The van der Waals surface area contributed by atoms with E-state index in [9.17, 15) is 0 Å². The number of thiocarbonyl (C=S) groups is 1. The van der Waals surface area contributed by atoms with Gasteiger partial charge in [0, 0.05) is 18.6 Å². The number of hydrogen-bond donors (Lipinski definition) is 2. The lowest BCUT2D eigenvalue weighted by molar-refractivity contribution is 0.765. The number of fused-ring (bicyclic) bond motifs is 1. The molecule has 0 amide bonds. The zero-order chi connectivity index (χ0) is 15.0. The van der Waals surface area contributed by atoms with Crippen molar-refractivity contribution in [2.45, 2.75) is 6.92 Å². The van der Waals surface area contributed by atoms with Gasteiger partial charge in [-0.1, -0.05) is 30.4 Å². The summed E-state index contributed by atoms with van der Waals surface area (Å²) in [6.45, 7) is 1.89. The van der Waals surface area contributed by atoms with Crippen molar-refractivity contribution in [2.24, 2.45) is 12.8 Å². The van der Waals surface area contributed by atoms with Crippen LogP contribution in [0.15, 0.2) is 36.5 Å². The van der Waals surface area contributed by atoms with Crippen LogP contribution in [0.4, 0.5) is 11.5 Å². The third-order valence-corrected chi connectivity index (χ3v) is 3.56. The van der Waals surface area contributed by atoms with Crippen molar-refractivity contribution in [1.82, 2.24) is 14.8 Å². The first-order chi connectivity index (χ1) is 10.1. The van der Waals surface area contributed by atoms with E-state index in [1.54, 1.807) is 10.9 Å². The van der Waals surface area contributed by atoms with Crippen molar-refractivity contribution in [3.8, 4) is 0 Å². The molecule has 0 aliphatic heterocycles. The minimum absolute atomic E-state index is 0.330. The highest BCUT2D eigenvalue weighted by molar-refractivity contribution is 7.80. The maximum absolute atomic E-state index is 5.82. The number of rotatable bonds is 3. The van der Waals surface area contributed by atoms with E-state index >= 15 is 0 Å². The van der Waals surface area contributed by atoms with Crippen molar-refractivity contribution in [2.75, 3.05) is 5.32 Å². The average molecular weight is 297 g/mol. The molecule has 2 aromatic heterocycles. The summed E-state index contributed by atoms with van der Waals surface area (Å²) >= 11 is 5.13. The number of aromatic nitrogens is 3. The Kier molecular flexibility index (Phi) is 3.31. The number of benzene rings is 1. The van der Waals surface area contributed by atoms with E-state index in [0.717, 1.165) is 33.7 Å². The number of nitrogens with two attached hydrogens (primary N) is 1. The summed E-state index contributed by atoms with van der Waals surface area (Å²) in [7, 11) is 1.86. The van der Waals surface area contributed by atoms with Gasteiger partial charge < -0.3 is 11.1 Å². The molecule has 0 bridgehead atoms. The maximum Gasteiger partial charge on any atom is 0.139 e. The summed E-state index contributed by atoms with van der Waals surface area (Å²) in [5.41, 5.74) is 9.18. The molecule has 0 aliphatic rings. The van der Waals surface area contributed by atoms with Crippen LogP contribution in [-0.4, -0.2) is 19.8 Å². The van der Waals surface area contributed by atoms with Crippen LogP contribution in [0.25, 0.3) is 10.9 Å². The molecule has 0 fully saturated rings. The van der Waals surface area contributed by atoms with E-state index in [1.165, 1.54) is 0 Å². The van der Waals surface area contributed by atoms with E-state index in [-0.39, 0.29) is 0 Å². The van der Waals surface area contributed by atoms with Crippen LogP contribution >= 0.6 is 12.2 Å². The number of para-hydroxylation sites is 1. The molecule has 0 saturated heterocycles. The molecular weight excluding hydrogens is 282 g/mol. The summed E-state index contributed by atoms with van der Waals surface area (Å²) in [5.74, 6) is 0.776. The summed E-state index contributed by atoms with van der Waals surface area (Å²) in [5, 5.41) is 8.80. The highest BCUT2D eigenvalue weighted by Crippen LogP contribution is 2.27. The van der Waals surface area contributed by atoms with E-state index in [0.29, 0.717) is 4.99 Å². The molecule has 0 unspecified atom stereocenters. The number of nitrogens with one attached hydrogen (secondary N) is 1. The first kappa shape index (κ1) is 13.5. The fraction of sp³-hybridized carbons (Fsp3) is 0.133. The third kappa shape index (κ3) is 2.34. The number of hydrogen-bond acceptors (Lipinski definition) is 4. The normalized spacial score (nSPS) is 10.8. The maximum atomic E-state index is 5.82. The Morgan fingerprint density at radius 3 is 2.81 bits per heavy atom. The van der Waals surface area contributed by atoms with Crippen LogP contribution in [-0.2, 0) is 7.05 Å². The van der Waals surface area contributed by atoms with Gasteiger partial charge in [0.1, 0.15) is 10.8 Å². The average Bonchev–Trinajstić information content (AvgIpc) is 2.73. The van der Waals surface area contributed by atoms with E-state index in [2.05, 4.69) is 15.4 Å². The lowest BCUT2D eigenvalue weighted by atomic mass is 10.2. The van der Waals surface area contributed by atoms with Gasteiger partial charge in [-0.25, -0.2) is 0 Å². The van der Waals surface area contributed by atoms with Gasteiger partial charge in [0.25, 0.3) is 0 Å². The second kappa shape index (κ2) is 5.14. The molecule has 5 nitrogen and oxygen atoms in total. The Balaban J connectivity index is 2.14. The molecule has 3 N–H and O–H groups in total. The fourth-order valence-electron chi connectivity index (χ4n) is 2.43. The van der Waals surface area contributed by atoms with Crippen molar-refractivity contribution >= 4 is 39.6 Å². The van der Waals surface area contributed by atoms with E-state index in [1.807, 2.05) is 44.3 Å². The summed E-state index contributed by atoms with van der Waals surface area (Å²) in [6, 6.07) is 9.92. The van der Waals surface area contributed by atoms with Gasteiger partial charge >= 0.3 is 0 Å². The zero-order valence-electron chi connectivity index (χ0n) is 11.8. The Labute approximate surface area is 127 Å². The lowest BCUT2D eigenvalue weighted by Gasteiger charge is -2.11. The fourth-order valence-corrected chi connectivity index (χ4v) is 2.67. The van der Waals surface area contributed by atoms with Gasteiger partial charge in [0.15, 0.2) is 0 Å². The Morgan fingerprint density at radius 2 is 2.05 bits per heavy atom. The highest BCUT2D eigenvalue weighted by Gasteiger charge is 2.16. The molecule has 0 spiro atoms. The molecule has 6 heteroatoms. The number of nitrogens with zero attached hydrogens (tertiary/aromatic N) is 3. The second-order valence-electron chi connectivity index (χ2n) is 4.80. The molecule has 106 valence electrons. The van der Waals surface area contributed by atoms with Crippen molar-refractivity contribution in [1.29, 1.82) is 0 Å². The monoisotopic (exact) mass is 297 g/mol. The van der Waals surface area contributed by atoms with E-state index in [4.69, 9.17) is 18.0 Å². The molecular formula is C15H15N5S. The summed E-state index contributed by atoms with van der Waals surface area (Å²) in [6.07, 6.45) is 1.77. The number of pyridine rings is 1. The number of aryl methyl sites for hydroxylation is 2. The Hall–Kier alpha value is -2.47. The van der Waals surface area contributed by atoms with Crippen molar-refractivity contribution < 1.29 is 0 Å². The Morgan fingerprint density at radius 1 is 1.29 bits per heavy atom. The molecule has 1 aromatic carbocycles. The molecule has 3 rings (SSSR count). The lowest BCUT2D eigenvalue weighted by Crippen LogP contribution is -2.13. The predicted molar refractivity (Wildman–Crippen MR) is 88.9 cm³/mol. The summed E-state index contributed by atoms with van der Waals surface area (Å²) in [4.78, 5) is 4.76. The molecule has 2 heterocycles. The van der Waals surface area contributed by atoms with Crippen LogP contribution in [0.3, 0.4) is 0 Å². The second-order valence-corrected chi connectivity index (χ2v) is 5.24. The molecule has 21 heavy (non-hydrogen) atoms. The molecule has 0 aliphatic carbocycles. The van der Waals surface area contributed by atoms with Gasteiger partial charge in [0.05, 0.1) is 22.5 Å². The first-order valence-electron chi connectivity index (χ1n) is 6.52. The molecule has 0 saturated carbocycles. The van der Waals surface area contributed by atoms with Gasteiger partial charge in [-0.3, -0.25) is 9.67 Å². The van der Waals surface area contributed by atoms with Crippen LogP contribution in [0, 0.1) is 6.92 Å². The van der Waals surface area contributed by atoms with Crippen LogP contribution < -0.4 is 11.1 Å². The molecule has 0 radical (unpaired) electrons. The van der Waals surface area contributed by atoms with Crippen molar-refractivity contribution in [3.63, 3.8) is 0 Å². The largest absolute Gasteiger partial charge is 0.389 e. The van der Waals surface area contributed by atoms with Gasteiger partial charge in [-0.05, 0) is 19.1 Å². The SMILES string of the molecule is Cc1nn(C)c(Nc2cccc3cccnc23)c1C(N)=S. The van der Waals surface area contributed by atoms with Crippen molar-refractivity contribution in [3.05, 3.63) is 47.8 Å². The van der Waals surface area contributed by atoms with E-state index < -0.39 is 0 Å². The van der Waals surface area contributed by atoms with Crippen LogP contribution in [0.5, 0.6) is 0 Å².